The van der Waals surface area contributed by atoms with Gasteiger partial charge in [0.15, 0.2) is 11.2 Å². The molecule has 0 bridgehead atoms. The highest BCUT2D eigenvalue weighted by Gasteiger charge is 2.36. The fourth-order valence-electron chi connectivity index (χ4n) is 3.86. The van der Waals surface area contributed by atoms with Gasteiger partial charge in [-0.1, -0.05) is 26.7 Å². The van der Waals surface area contributed by atoms with E-state index in [1.807, 2.05) is 4.90 Å². The third kappa shape index (κ3) is 3.43. The summed E-state index contributed by atoms with van der Waals surface area (Å²) in [6, 6.07) is -0.00840. The molecule has 3 rings (SSSR count). The lowest BCUT2D eigenvalue weighted by atomic mass is 9.84. The minimum Gasteiger partial charge on any atom is -0.338 e. The molecule has 0 spiro atoms. The summed E-state index contributed by atoms with van der Waals surface area (Å²) in [5.74, 6) is 6.47. The molecule has 156 valence electrons. The average Bonchev–Trinajstić information content (AvgIpc) is 3.07. The largest absolute Gasteiger partial charge is 0.338 e. The van der Waals surface area contributed by atoms with E-state index in [0.717, 1.165) is 11.0 Å². The number of fused-ring (bicyclic) bond motifs is 1. The first-order valence-electron chi connectivity index (χ1n) is 9.63. The Kier molecular flexibility index (Phi) is 5.30. The van der Waals surface area contributed by atoms with E-state index in [-0.39, 0.29) is 11.5 Å². The normalized spacial score (nSPS) is 17.4. The minimum absolute atomic E-state index is 0.00840. The van der Waals surface area contributed by atoms with Crippen molar-refractivity contribution in [2.75, 3.05) is 24.5 Å². The number of rotatable bonds is 3. The third-order valence-corrected chi connectivity index (χ3v) is 5.58. The van der Waals surface area contributed by atoms with Crippen LogP contribution in [0.3, 0.4) is 0 Å². The van der Waals surface area contributed by atoms with Crippen LogP contribution >= 0.6 is 0 Å². The highest BCUT2D eigenvalue weighted by atomic mass is 16.2. The standard InChI is InChI=1S/C20H28N6O3/c1-7-8-9-26-15-16(22(5)19(29)23(6)17(15)28)21-18(26)24-10-11-25(13-27)14(12-24)20(2,3)4/h13-14H,9-12H2,1-6H3. The summed E-state index contributed by atoms with van der Waals surface area (Å²) in [5.41, 5.74) is -0.228. The van der Waals surface area contributed by atoms with Crippen molar-refractivity contribution in [2.45, 2.75) is 40.3 Å². The molecule has 9 heteroatoms. The van der Waals surface area contributed by atoms with Gasteiger partial charge in [-0.3, -0.25) is 23.3 Å². The van der Waals surface area contributed by atoms with Gasteiger partial charge in [-0.05, 0) is 12.3 Å². The molecule has 0 aliphatic carbocycles. The molecular weight excluding hydrogens is 372 g/mol. The van der Waals surface area contributed by atoms with Gasteiger partial charge in [-0.15, -0.1) is 5.92 Å². The number of nitrogens with zero attached hydrogens (tertiary/aromatic N) is 6. The number of imidazole rings is 1. The monoisotopic (exact) mass is 400 g/mol. The van der Waals surface area contributed by atoms with Crippen LogP contribution in [0, 0.1) is 17.3 Å². The van der Waals surface area contributed by atoms with Crippen molar-refractivity contribution in [1.29, 1.82) is 0 Å². The molecule has 0 aromatic carbocycles. The van der Waals surface area contributed by atoms with E-state index >= 15 is 0 Å². The maximum atomic E-state index is 12.9. The lowest BCUT2D eigenvalue weighted by Crippen LogP contribution is -2.58. The van der Waals surface area contributed by atoms with E-state index < -0.39 is 11.2 Å². The molecule has 1 atom stereocenters. The van der Waals surface area contributed by atoms with Gasteiger partial charge in [0, 0.05) is 33.7 Å². The molecule has 0 radical (unpaired) electrons. The number of carbonyl (C=O) groups is 1. The second-order valence-corrected chi connectivity index (χ2v) is 8.47. The molecular formula is C20H28N6O3. The Morgan fingerprint density at radius 1 is 1.17 bits per heavy atom. The molecule has 1 saturated heterocycles. The van der Waals surface area contributed by atoms with Gasteiger partial charge < -0.3 is 9.80 Å². The van der Waals surface area contributed by atoms with E-state index in [1.54, 1.807) is 18.5 Å². The van der Waals surface area contributed by atoms with E-state index in [4.69, 9.17) is 0 Å². The lowest BCUT2D eigenvalue weighted by Gasteiger charge is -2.45. The van der Waals surface area contributed by atoms with Crippen molar-refractivity contribution in [2.24, 2.45) is 19.5 Å². The van der Waals surface area contributed by atoms with Crippen molar-refractivity contribution in [1.82, 2.24) is 23.6 Å². The molecule has 1 fully saturated rings. The average molecular weight is 400 g/mol. The van der Waals surface area contributed by atoms with Gasteiger partial charge in [0.25, 0.3) is 5.56 Å². The Hall–Kier alpha value is -3.02. The molecule has 1 unspecified atom stereocenters. The zero-order chi connectivity index (χ0) is 21.5. The summed E-state index contributed by atoms with van der Waals surface area (Å²) in [4.78, 5) is 45.4. The lowest BCUT2D eigenvalue weighted by molar-refractivity contribution is -0.122. The van der Waals surface area contributed by atoms with Crippen LogP contribution in [-0.4, -0.2) is 55.7 Å². The van der Waals surface area contributed by atoms with Crippen LogP contribution < -0.4 is 16.1 Å². The van der Waals surface area contributed by atoms with E-state index in [2.05, 4.69) is 42.5 Å². The fourth-order valence-corrected chi connectivity index (χ4v) is 3.86. The maximum absolute atomic E-state index is 12.9. The van der Waals surface area contributed by atoms with Crippen molar-refractivity contribution in [3.05, 3.63) is 20.8 Å². The van der Waals surface area contributed by atoms with E-state index in [9.17, 15) is 14.4 Å². The molecule has 3 heterocycles. The summed E-state index contributed by atoms with van der Waals surface area (Å²) in [7, 11) is 3.07. The highest BCUT2D eigenvalue weighted by Crippen LogP contribution is 2.29. The molecule has 9 nitrogen and oxygen atoms in total. The zero-order valence-corrected chi connectivity index (χ0v) is 17.9. The maximum Gasteiger partial charge on any atom is 0.332 e. The van der Waals surface area contributed by atoms with Gasteiger partial charge in [0.2, 0.25) is 12.4 Å². The molecule has 2 aromatic heterocycles. The van der Waals surface area contributed by atoms with Crippen molar-refractivity contribution in [3.8, 4) is 11.8 Å². The van der Waals surface area contributed by atoms with Crippen molar-refractivity contribution >= 4 is 23.5 Å². The second kappa shape index (κ2) is 7.43. The molecule has 1 aliphatic rings. The van der Waals surface area contributed by atoms with Crippen LogP contribution in [-0.2, 0) is 25.4 Å². The molecule has 2 aromatic rings. The predicted molar refractivity (Wildman–Crippen MR) is 112 cm³/mol. The Morgan fingerprint density at radius 3 is 2.45 bits per heavy atom. The number of aryl methyl sites for hydroxylation is 1. The first-order valence-corrected chi connectivity index (χ1v) is 9.63. The number of hydrogen-bond acceptors (Lipinski definition) is 5. The van der Waals surface area contributed by atoms with Gasteiger partial charge >= 0.3 is 5.69 Å². The van der Waals surface area contributed by atoms with E-state index in [1.165, 1.54) is 11.6 Å². The fraction of sp³-hybridized carbons (Fsp3) is 0.600. The summed E-state index contributed by atoms with van der Waals surface area (Å²) >= 11 is 0. The van der Waals surface area contributed by atoms with Crippen LogP contribution in [0.5, 0.6) is 0 Å². The number of aromatic nitrogens is 4. The summed E-state index contributed by atoms with van der Waals surface area (Å²) in [5, 5.41) is 0. The topological polar surface area (TPSA) is 85.4 Å². The van der Waals surface area contributed by atoms with Gasteiger partial charge in [-0.25, -0.2) is 4.79 Å². The quantitative estimate of drug-likeness (QED) is 0.541. The number of carbonyl (C=O) groups excluding carboxylic acids is 1. The molecule has 1 amide bonds. The predicted octanol–water partition coefficient (Wildman–Crippen LogP) is 0.150. The van der Waals surface area contributed by atoms with Crippen molar-refractivity contribution in [3.63, 3.8) is 0 Å². The number of piperazine rings is 1. The molecule has 0 saturated carbocycles. The van der Waals surface area contributed by atoms with Gasteiger partial charge in [0.05, 0.1) is 12.6 Å². The van der Waals surface area contributed by atoms with Crippen molar-refractivity contribution < 1.29 is 4.79 Å². The molecule has 1 aliphatic heterocycles. The SMILES string of the molecule is CC#CCn1c(N2CCN(C=O)C(C(C)(C)C)C2)nc2c1c(=O)n(C)c(=O)n2C. The highest BCUT2D eigenvalue weighted by molar-refractivity contribution is 5.75. The van der Waals surface area contributed by atoms with Crippen LogP contribution in [0.15, 0.2) is 9.59 Å². The number of hydrogen-bond donors (Lipinski definition) is 0. The number of anilines is 1. The Bertz CT molecular complexity index is 1120. The minimum atomic E-state index is -0.418. The second-order valence-electron chi connectivity index (χ2n) is 8.47. The molecule has 0 N–H and O–H groups in total. The van der Waals surface area contributed by atoms with Crippen LogP contribution in [0.25, 0.3) is 11.2 Å². The smallest absolute Gasteiger partial charge is 0.332 e. The Balaban J connectivity index is 2.21. The Labute approximate surface area is 169 Å². The van der Waals surface area contributed by atoms with Gasteiger partial charge in [0.1, 0.15) is 0 Å². The van der Waals surface area contributed by atoms with Crippen LogP contribution in [0.2, 0.25) is 0 Å². The summed E-state index contributed by atoms with van der Waals surface area (Å²) in [6.45, 7) is 10.1. The van der Waals surface area contributed by atoms with Crippen LogP contribution in [0.1, 0.15) is 27.7 Å². The van der Waals surface area contributed by atoms with E-state index in [0.29, 0.717) is 43.3 Å². The molecule has 29 heavy (non-hydrogen) atoms. The van der Waals surface area contributed by atoms with Gasteiger partial charge in [-0.2, -0.15) is 4.98 Å². The zero-order valence-electron chi connectivity index (χ0n) is 17.9. The Morgan fingerprint density at radius 2 is 1.86 bits per heavy atom. The summed E-state index contributed by atoms with van der Waals surface area (Å²) < 4.78 is 4.26. The third-order valence-electron chi connectivity index (χ3n) is 5.58. The number of amides is 1. The summed E-state index contributed by atoms with van der Waals surface area (Å²) in [6.07, 6.45) is 0.901. The first kappa shape index (κ1) is 20.7. The van der Waals surface area contributed by atoms with Crippen LogP contribution in [0.4, 0.5) is 5.95 Å². The first-order chi connectivity index (χ1) is 13.6.